The SMILES string of the molecule is C1CC[C@@H](c2nc(N3CCOCC3)no2)NC1. The van der Waals surface area contributed by atoms with Gasteiger partial charge in [0.05, 0.1) is 19.3 Å². The van der Waals surface area contributed by atoms with E-state index in [0.29, 0.717) is 5.95 Å². The van der Waals surface area contributed by atoms with E-state index in [2.05, 4.69) is 20.4 Å². The number of aromatic nitrogens is 2. The lowest BCUT2D eigenvalue weighted by atomic mass is 10.1. The number of anilines is 1. The smallest absolute Gasteiger partial charge is 0.266 e. The van der Waals surface area contributed by atoms with Crippen molar-refractivity contribution in [3.05, 3.63) is 5.89 Å². The Balaban J connectivity index is 1.68. The number of nitrogens with one attached hydrogen (secondary N) is 1. The van der Waals surface area contributed by atoms with Crippen LogP contribution in [0.3, 0.4) is 0 Å². The minimum Gasteiger partial charge on any atom is -0.378 e. The van der Waals surface area contributed by atoms with Crippen molar-refractivity contribution < 1.29 is 9.26 Å². The summed E-state index contributed by atoms with van der Waals surface area (Å²) in [6.07, 6.45) is 3.55. The van der Waals surface area contributed by atoms with Crippen LogP contribution in [0.2, 0.25) is 0 Å². The molecule has 3 rings (SSSR count). The highest BCUT2D eigenvalue weighted by molar-refractivity contribution is 5.28. The Morgan fingerprint density at radius 1 is 1.24 bits per heavy atom. The predicted octanol–water partition coefficient (Wildman–Crippen LogP) is 0.721. The van der Waals surface area contributed by atoms with Gasteiger partial charge in [-0.25, -0.2) is 0 Å². The summed E-state index contributed by atoms with van der Waals surface area (Å²) in [4.78, 5) is 6.60. The van der Waals surface area contributed by atoms with Crippen molar-refractivity contribution in [3.63, 3.8) is 0 Å². The first-order chi connectivity index (χ1) is 8.43. The van der Waals surface area contributed by atoms with Gasteiger partial charge in [0, 0.05) is 13.1 Å². The Morgan fingerprint density at radius 3 is 2.88 bits per heavy atom. The second-order valence-corrected chi connectivity index (χ2v) is 4.53. The molecule has 1 aromatic rings. The number of nitrogens with zero attached hydrogens (tertiary/aromatic N) is 3. The Morgan fingerprint density at radius 2 is 2.12 bits per heavy atom. The third kappa shape index (κ3) is 2.42. The van der Waals surface area contributed by atoms with Crippen molar-refractivity contribution in [2.75, 3.05) is 37.7 Å². The molecule has 0 unspecified atom stereocenters. The van der Waals surface area contributed by atoms with Gasteiger partial charge in [-0.2, -0.15) is 4.98 Å². The Kier molecular flexibility index (Phi) is 3.24. The highest BCUT2D eigenvalue weighted by Crippen LogP contribution is 2.23. The lowest BCUT2D eigenvalue weighted by Crippen LogP contribution is -2.37. The van der Waals surface area contributed by atoms with Gasteiger partial charge in [-0.15, -0.1) is 0 Å². The van der Waals surface area contributed by atoms with Crippen LogP contribution in [0.15, 0.2) is 4.52 Å². The van der Waals surface area contributed by atoms with E-state index >= 15 is 0 Å². The maximum Gasteiger partial charge on any atom is 0.266 e. The Labute approximate surface area is 100 Å². The molecule has 1 atom stereocenters. The molecule has 1 N–H and O–H groups in total. The van der Waals surface area contributed by atoms with Gasteiger partial charge in [-0.1, -0.05) is 6.42 Å². The number of rotatable bonds is 2. The van der Waals surface area contributed by atoms with Gasteiger partial charge in [0.1, 0.15) is 0 Å². The number of morpholine rings is 1. The van der Waals surface area contributed by atoms with Crippen LogP contribution in [0.4, 0.5) is 5.95 Å². The molecule has 0 radical (unpaired) electrons. The standard InChI is InChI=1S/C11H18N4O2/c1-2-4-12-9(3-1)10-13-11(14-17-10)15-5-7-16-8-6-15/h9,12H,1-8H2/t9-/m0/s1. The van der Waals surface area contributed by atoms with Crippen LogP contribution in [0.25, 0.3) is 0 Å². The summed E-state index contributed by atoms with van der Waals surface area (Å²) in [5, 5.41) is 7.47. The van der Waals surface area contributed by atoms with Gasteiger partial charge in [0.2, 0.25) is 5.89 Å². The normalized spacial score (nSPS) is 26.1. The second-order valence-electron chi connectivity index (χ2n) is 4.53. The van der Waals surface area contributed by atoms with E-state index in [1.54, 1.807) is 0 Å². The van der Waals surface area contributed by atoms with Gasteiger partial charge in [0.15, 0.2) is 0 Å². The summed E-state index contributed by atoms with van der Waals surface area (Å²) >= 11 is 0. The minimum absolute atomic E-state index is 0.242. The summed E-state index contributed by atoms with van der Waals surface area (Å²) in [5.74, 6) is 1.43. The summed E-state index contributed by atoms with van der Waals surface area (Å²) < 4.78 is 10.7. The Hall–Kier alpha value is -1.14. The molecule has 0 bridgehead atoms. The monoisotopic (exact) mass is 238 g/mol. The van der Waals surface area contributed by atoms with Crippen LogP contribution in [0.5, 0.6) is 0 Å². The van der Waals surface area contributed by atoms with Crippen molar-refractivity contribution in [1.29, 1.82) is 0 Å². The number of piperidine rings is 1. The van der Waals surface area contributed by atoms with Crippen molar-refractivity contribution >= 4 is 5.95 Å². The molecule has 6 heteroatoms. The molecule has 0 amide bonds. The fourth-order valence-electron chi connectivity index (χ4n) is 2.32. The third-order valence-electron chi connectivity index (χ3n) is 3.33. The van der Waals surface area contributed by atoms with E-state index in [4.69, 9.17) is 9.26 Å². The summed E-state index contributed by atoms with van der Waals surface area (Å²) in [5.41, 5.74) is 0. The van der Waals surface area contributed by atoms with Gasteiger partial charge >= 0.3 is 0 Å². The molecule has 2 aliphatic rings. The zero-order valence-corrected chi connectivity index (χ0v) is 9.89. The average Bonchev–Trinajstić information content (AvgIpc) is 2.90. The molecule has 2 saturated heterocycles. The molecule has 1 aromatic heterocycles. The second kappa shape index (κ2) is 5.01. The molecular weight excluding hydrogens is 220 g/mol. The molecule has 94 valence electrons. The molecular formula is C11H18N4O2. The van der Waals surface area contributed by atoms with E-state index in [1.165, 1.54) is 12.8 Å². The van der Waals surface area contributed by atoms with E-state index < -0.39 is 0 Å². The molecule has 0 aromatic carbocycles. The van der Waals surface area contributed by atoms with E-state index in [1.807, 2.05) is 0 Å². The summed E-state index contributed by atoms with van der Waals surface area (Å²) in [7, 11) is 0. The lowest BCUT2D eigenvalue weighted by molar-refractivity contribution is 0.121. The average molecular weight is 238 g/mol. The number of hydrogen-bond donors (Lipinski definition) is 1. The molecule has 0 spiro atoms. The first-order valence-electron chi connectivity index (χ1n) is 6.33. The molecule has 6 nitrogen and oxygen atoms in total. The van der Waals surface area contributed by atoms with Crippen LogP contribution in [0, 0.1) is 0 Å². The minimum atomic E-state index is 0.242. The maximum atomic E-state index is 5.35. The van der Waals surface area contributed by atoms with Crippen LogP contribution in [0.1, 0.15) is 31.2 Å². The van der Waals surface area contributed by atoms with E-state index in [9.17, 15) is 0 Å². The molecule has 2 aliphatic heterocycles. The predicted molar refractivity (Wildman–Crippen MR) is 61.9 cm³/mol. The lowest BCUT2D eigenvalue weighted by Gasteiger charge is -2.24. The Bertz CT molecular complexity index is 324. The van der Waals surface area contributed by atoms with Crippen LogP contribution in [-0.2, 0) is 4.74 Å². The third-order valence-corrected chi connectivity index (χ3v) is 3.33. The first kappa shape index (κ1) is 11.0. The van der Waals surface area contributed by atoms with Crippen LogP contribution in [-0.4, -0.2) is 43.0 Å². The number of hydrogen-bond acceptors (Lipinski definition) is 6. The first-order valence-corrected chi connectivity index (χ1v) is 6.33. The molecule has 2 fully saturated rings. The van der Waals surface area contributed by atoms with Crippen molar-refractivity contribution in [2.45, 2.75) is 25.3 Å². The molecule has 0 saturated carbocycles. The zero-order valence-electron chi connectivity index (χ0n) is 9.89. The number of ether oxygens (including phenoxy) is 1. The summed E-state index contributed by atoms with van der Waals surface area (Å²) in [6.45, 7) is 4.21. The zero-order chi connectivity index (χ0) is 11.5. The van der Waals surface area contributed by atoms with Gasteiger partial charge < -0.3 is 19.5 Å². The topological polar surface area (TPSA) is 63.4 Å². The molecule has 3 heterocycles. The highest BCUT2D eigenvalue weighted by Gasteiger charge is 2.23. The fourth-order valence-corrected chi connectivity index (χ4v) is 2.32. The van der Waals surface area contributed by atoms with Gasteiger partial charge in [-0.05, 0) is 24.5 Å². The quantitative estimate of drug-likeness (QED) is 0.819. The highest BCUT2D eigenvalue weighted by atomic mass is 16.5. The maximum absolute atomic E-state index is 5.35. The van der Waals surface area contributed by atoms with Crippen molar-refractivity contribution in [3.8, 4) is 0 Å². The van der Waals surface area contributed by atoms with Crippen LogP contribution >= 0.6 is 0 Å². The van der Waals surface area contributed by atoms with Crippen molar-refractivity contribution in [2.24, 2.45) is 0 Å². The molecule has 17 heavy (non-hydrogen) atoms. The van der Waals surface area contributed by atoms with Gasteiger partial charge in [0.25, 0.3) is 5.95 Å². The fraction of sp³-hybridized carbons (Fsp3) is 0.818. The molecule has 0 aliphatic carbocycles. The van der Waals surface area contributed by atoms with Crippen molar-refractivity contribution in [1.82, 2.24) is 15.5 Å². The largest absolute Gasteiger partial charge is 0.378 e. The van der Waals surface area contributed by atoms with E-state index in [0.717, 1.165) is 45.2 Å². The summed E-state index contributed by atoms with van der Waals surface area (Å²) in [6, 6.07) is 0.242. The van der Waals surface area contributed by atoms with Gasteiger partial charge in [-0.3, -0.25) is 0 Å². The van der Waals surface area contributed by atoms with E-state index in [-0.39, 0.29) is 6.04 Å². The van der Waals surface area contributed by atoms with Crippen LogP contribution < -0.4 is 10.2 Å².